The number of nitrogens with zero attached hydrogens (tertiary/aromatic N) is 3. The first-order valence-electron chi connectivity index (χ1n) is 11.2. The Morgan fingerprint density at radius 1 is 1.11 bits per heavy atom. The molecular weight excluding hydrogens is 478 g/mol. The van der Waals surface area contributed by atoms with Gasteiger partial charge in [0.25, 0.3) is 5.91 Å². The smallest absolute Gasteiger partial charge is 0.289 e. The van der Waals surface area contributed by atoms with Crippen LogP contribution in [0.2, 0.25) is 0 Å². The Balaban J connectivity index is 1.71. The van der Waals surface area contributed by atoms with E-state index < -0.39 is 46.9 Å². The van der Waals surface area contributed by atoms with Crippen molar-refractivity contribution in [1.82, 2.24) is 14.5 Å². The molecule has 36 heavy (non-hydrogen) atoms. The molecular formula is C26H25F4N3O3. The van der Waals surface area contributed by atoms with Crippen LogP contribution in [0.5, 0.6) is 0 Å². The highest BCUT2D eigenvalue weighted by molar-refractivity contribution is 5.97. The fourth-order valence-electron chi connectivity index (χ4n) is 4.30. The summed E-state index contributed by atoms with van der Waals surface area (Å²) in [5, 5.41) is 10.5. The average molecular weight is 503 g/mol. The van der Waals surface area contributed by atoms with Gasteiger partial charge in [0.15, 0.2) is 23.2 Å². The first-order chi connectivity index (χ1) is 16.9. The fraction of sp³-hybridized carbons (Fsp3) is 0.308. The Kier molecular flexibility index (Phi) is 6.66. The number of aryl methyl sites for hydroxylation is 1. The van der Waals surface area contributed by atoms with Crippen molar-refractivity contribution in [1.29, 1.82) is 0 Å². The molecule has 0 unspecified atom stereocenters. The maximum absolute atomic E-state index is 14.8. The van der Waals surface area contributed by atoms with Crippen LogP contribution < -0.4 is 0 Å². The number of carbonyl (C=O) groups excluding carboxylic acids is 1. The van der Waals surface area contributed by atoms with Gasteiger partial charge in [0.05, 0.1) is 36.4 Å². The fourth-order valence-corrected chi connectivity index (χ4v) is 4.30. The number of amides is 1. The summed E-state index contributed by atoms with van der Waals surface area (Å²) in [7, 11) is 0. The van der Waals surface area contributed by atoms with Gasteiger partial charge in [0, 0.05) is 6.20 Å². The van der Waals surface area contributed by atoms with Gasteiger partial charge in [-0.3, -0.25) is 4.79 Å². The summed E-state index contributed by atoms with van der Waals surface area (Å²) in [4.78, 5) is 18.7. The number of carbonyl (C=O) groups is 1. The van der Waals surface area contributed by atoms with Gasteiger partial charge < -0.3 is 19.3 Å². The minimum absolute atomic E-state index is 0.0351. The zero-order chi connectivity index (χ0) is 26.4. The van der Waals surface area contributed by atoms with E-state index >= 15 is 0 Å². The quantitative estimate of drug-likeness (QED) is 0.308. The van der Waals surface area contributed by atoms with Crippen molar-refractivity contribution in [2.45, 2.75) is 45.4 Å². The minimum Gasteiger partial charge on any atom is -0.480 e. The summed E-state index contributed by atoms with van der Waals surface area (Å²) in [6.07, 6.45) is 3.25. The van der Waals surface area contributed by atoms with Gasteiger partial charge in [0.2, 0.25) is 0 Å². The maximum atomic E-state index is 14.8. The van der Waals surface area contributed by atoms with Crippen molar-refractivity contribution in [2.24, 2.45) is 0 Å². The first-order valence-corrected chi connectivity index (χ1v) is 11.2. The van der Waals surface area contributed by atoms with Crippen LogP contribution in [0.1, 0.15) is 43.6 Å². The number of aromatic nitrogens is 2. The Hall–Kier alpha value is -3.66. The van der Waals surface area contributed by atoms with Gasteiger partial charge >= 0.3 is 0 Å². The zero-order valence-corrected chi connectivity index (χ0v) is 20.1. The molecule has 2 aromatic carbocycles. The van der Waals surface area contributed by atoms with Crippen molar-refractivity contribution in [3.8, 4) is 5.69 Å². The number of benzene rings is 2. The summed E-state index contributed by atoms with van der Waals surface area (Å²) in [6.45, 7) is 6.48. The van der Waals surface area contributed by atoms with Crippen molar-refractivity contribution in [3.63, 3.8) is 0 Å². The van der Waals surface area contributed by atoms with Crippen molar-refractivity contribution < 1.29 is 32.2 Å². The van der Waals surface area contributed by atoms with E-state index in [2.05, 4.69) is 4.98 Å². The van der Waals surface area contributed by atoms with Crippen LogP contribution in [0.4, 0.5) is 17.6 Å². The largest absolute Gasteiger partial charge is 0.480 e. The summed E-state index contributed by atoms with van der Waals surface area (Å²) >= 11 is 0. The molecule has 1 saturated heterocycles. The Labute approximate surface area is 205 Å². The summed E-state index contributed by atoms with van der Waals surface area (Å²) in [5.41, 5.74) is 0.249. The average Bonchev–Trinajstić information content (AvgIpc) is 3.20. The molecule has 2 atom stereocenters. The van der Waals surface area contributed by atoms with Gasteiger partial charge in [0.1, 0.15) is 11.4 Å². The van der Waals surface area contributed by atoms with Crippen LogP contribution in [-0.4, -0.2) is 43.7 Å². The summed E-state index contributed by atoms with van der Waals surface area (Å²) < 4.78 is 63.7. The lowest BCUT2D eigenvalue weighted by Crippen LogP contribution is -2.53. The topological polar surface area (TPSA) is 67.6 Å². The Bertz CT molecular complexity index is 1330. The van der Waals surface area contributed by atoms with E-state index in [1.807, 2.05) is 0 Å². The van der Waals surface area contributed by atoms with Crippen LogP contribution in [-0.2, 0) is 9.53 Å². The van der Waals surface area contributed by atoms with Crippen LogP contribution in [0, 0.1) is 30.2 Å². The molecule has 0 spiro atoms. The number of aliphatic hydroxyl groups excluding tert-OH is 1. The minimum atomic E-state index is -1.64. The molecule has 1 aromatic heterocycles. The molecule has 0 saturated carbocycles. The lowest BCUT2D eigenvalue weighted by Gasteiger charge is -2.44. The number of aliphatic hydroxyl groups is 1. The molecule has 1 N–H and O–H groups in total. The molecule has 1 fully saturated rings. The molecule has 2 heterocycles. The van der Waals surface area contributed by atoms with E-state index in [4.69, 9.17) is 4.74 Å². The van der Waals surface area contributed by atoms with Gasteiger partial charge in [-0.15, -0.1) is 0 Å². The molecule has 10 heteroatoms. The van der Waals surface area contributed by atoms with E-state index in [-0.39, 0.29) is 23.6 Å². The molecule has 3 aromatic rings. The molecule has 1 amide bonds. The van der Waals surface area contributed by atoms with Gasteiger partial charge in [-0.05, 0) is 69.2 Å². The third-order valence-electron chi connectivity index (χ3n) is 5.81. The number of ether oxygens (including phenoxy) is 1. The SMILES string of the molecule is Cc1cn(-c2ccc(/C=C3\OC(C)(C)CN([C@H](c4cc(F)c(F)c(F)c4)[C@@H](C)O)C3=O)cc2F)cn1. The Morgan fingerprint density at radius 3 is 2.33 bits per heavy atom. The standard InChI is InChI=1S/C26H25F4N3O3/c1-14-11-32(13-31-14)21-6-5-16(7-18(21)27)8-22-25(35)33(12-26(3,4)36-22)24(15(2)34)17-9-19(28)23(30)20(29)10-17/h5-11,13,15,24,34H,12H2,1-4H3/b22-8-/t15-,24+/m1/s1. The second kappa shape index (κ2) is 9.42. The molecule has 4 rings (SSSR count). The number of imidazole rings is 1. The van der Waals surface area contributed by atoms with Crippen molar-refractivity contribution in [3.05, 3.63) is 88.7 Å². The number of morpholine rings is 1. The van der Waals surface area contributed by atoms with E-state index in [0.29, 0.717) is 5.56 Å². The number of rotatable bonds is 5. The molecule has 0 radical (unpaired) electrons. The maximum Gasteiger partial charge on any atom is 0.289 e. The Morgan fingerprint density at radius 2 is 1.78 bits per heavy atom. The predicted octanol–water partition coefficient (Wildman–Crippen LogP) is 4.84. The molecule has 1 aliphatic rings. The van der Waals surface area contributed by atoms with Crippen LogP contribution in [0.3, 0.4) is 0 Å². The van der Waals surface area contributed by atoms with E-state index in [1.54, 1.807) is 33.0 Å². The normalized spacial score (nSPS) is 18.3. The van der Waals surface area contributed by atoms with Gasteiger partial charge in [-0.25, -0.2) is 22.5 Å². The van der Waals surface area contributed by atoms with Crippen molar-refractivity contribution >= 4 is 12.0 Å². The van der Waals surface area contributed by atoms with E-state index in [0.717, 1.165) is 17.8 Å². The predicted molar refractivity (Wildman–Crippen MR) is 124 cm³/mol. The highest BCUT2D eigenvalue weighted by Crippen LogP contribution is 2.35. The van der Waals surface area contributed by atoms with Gasteiger partial charge in [-0.1, -0.05) is 6.07 Å². The molecule has 190 valence electrons. The van der Waals surface area contributed by atoms with Crippen LogP contribution in [0.15, 0.2) is 48.6 Å². The molecule has 6 nitrogen and oxygen atoms in total. The van der Waals surface area contributed by atoms with E-state index in [1.165, 1.54) is 40.9 Å². The number of hydrogen-bond acceptors (Lipinski definition) is 4. The molecule has 0 aliphatic carbocycles. The summed E-state index contributed by atoms with van der Waals surface area (Å²) in [5.74, 6) is -5.90. The van der Waals surface area contributed by atoms with Crippen LogP contribution in [0.25, 0.3) is 11.8 Å². The monoisotopic (exact) mass is 503 g/mol. The highest BCUT2D eigenvalue weighted by Gasteiger charge is 2.42. The number of halogens is 4. The van der Waals surface area contributed by atoms with E-state index in [9.17, 15) is 27.5 Å². The lowest BCUT2D eigenvalue weighted by molar-refractivity contribution is -0.153. The summed E-state index contributed by atoms with van der Waals surface area (Å²) in [6, 6.07) is 4.66. The van der Waals surface area contributed by atoms with Crippen LogP contribution >= 0.6 is 0 Å². The van der Waals surface area contributed by atoms with Gasteiger partial charge in [-0.2, -0.15) is 0 Å². The second-order valence-electron chi connectivity index (χ2n) is 9.42. The third-order valence-corrected chi connectivity index (χ3v) is 5.81. The molecule has 1 aliphatic heterocycles. The highest BCUT2D eigenvalue weighted by atomic mass is 19.2. The number of hydrogen-bond donors (Lipinski definition) is 1. The molecule has 0 bridgehead atoms. The second-order valence-corrected chi connectivity index (χ2v) is 9.42. The third kappa shape index (κ3) is 4.99. The van der Waals surface area contributed by atoms with Crippen molar-refractivity contribution in [2.75, 3.05) is 6.54 Å². The lowest BCUT2D eigenvalue weighted by atomic mass is 9.96. The zero-order valence-electron chi connectivity index (χ0n) is 20.1. The first kappa shape index (κ1) is 25.4.